The molecule has 0 aromatic heterocycles. The maximum atomic E-state index is 11.6. The lowest BCUT2D eigenvalue weighted by atomic mass is 9.64. The molecular weight excluding hydrogens is 240 g/mol. The van der Waals surface area contributed by atoms with E-state index in [1.807, 2.05) is 13.1 Å². The first-order valence-corrected chi connectivity index (χ1v) is 6.91. The van der Waals surface area contributed by atoms with Crippen molar-refractivity contribution >= 4 is 11.6 Å². The molecular formula is C15H20N2O2. The van der Waals surface area contributed by atoms with Crippen LogP contribution >= 0.6 is 0 Å². The van der Waals surface area contributed by atoms with Gasteiger partial charge in [-0.3, -0.25) is 4.79 Å². The van der Waals surface area contributed by atoms with E-state index >= 15 is 0 Å². The highest BCUT2D eigenvalue weighted by molar-refractivity contribution is 5.97. The van der Waals surface area contributed by atoms with Crippen LogP contribution in [0.15, 0.2) is 18.2 Å². The highest BCUT2D eigenvalue weighted by atomic mass is 16.5. The van der Waals surface area contributed by atoms with Gasteiger partial charge in [-0.25, -0.2) is 0 Å². The van der Waals surface area contributed by atoms with Gasteiger partial charge in [0.1, 0.15) is 5.75 Å². The zero-order valence-corrected chi connectivity index (χ0v) is 11.5. The second-order valence-electron chi connectivity index (χ2n) is 5.62. The zero-order valence-electron chi connectivity index (χ0n) is 11.5. The minimum atomic E-state index is -0.413. The Morgan fingerprint density at radius 1 is 1.47 bits per heavy atom. The van der Waals surface area contributed by atoms with Crippen LogP contribution in [0.4, 0.5) is 5.69 Å². The normalized spacial score (nSPS) is 23.9. The molecule has 0 bridgehead atoms. The van der Waals surface area contributed by atoms with Crippen LogP contribution < -0.4 is 15.4 Å². The van der Waals surface area contributed by atoms with E-state index < -0.39 is 6.10 Å². The molecule has 4 heteroatoms. The van der Waals surface area contributed by atoms with Crippen LogP contribution in [0.5, 0.6) is 5.75 Å². The minimum Gasteiger partial charge on any atom is -0.479 e. The van der Waals surface area contributed by atoms with Gasteiger partial charge in [-0.15, -0.1) is 0 Å². The van der Waals surface area contributed by atoms with E-state index in [1.165, 1.54) is 24.8 Å². The molecule has 1 unspecified atom stereocenters. The molecule has 19 heavy (non-hydrogen) atoms. The summed E-state index contributed by atoms with van der Waals surface area (Å²) in [6.45, 7) is 2.77. The molecule has 1 aliphatic heterocycles. The monoisotopic (exact) mass is 260 g/mol. The Balaban J connectivity index is 1.93. The van der Waals surface area contributed by atoms with Gasteiger partial charge in [-0.1, -0.05) is 12.5 Å². The van der Waals surface area contributed by atoms with Gasteiger partial charge < -0.3 is 15.4 Å². The smallest absolute Gasteiger partial charge is 0.265 e. The number of ether oxygens (including phenoxy) is 1. The van der Waals surface area contributed by atoms with Crippen molar-refractivity contribution in [3.63, 3.8) is 0 Å². The van der Waals surface area contributed by atoms with Crippen molar-refractivity contribution in [2.24, 2.45) is 0 Å². The van der Waals surface area contributed by atoms with Crippen LogP contribution in [0.2, 0.25) is 0 Å². The summed E-state index contributed by atoms with van der Waals surface area (Å²) >= 11 is 0. The molecule has 1 heterocycles. The number of nitrogens with one attached hydrogen (secondary N) is 2. The summed E-state index contributed by atoms with van der Waals surface area (Å²) in [5, 5.41) is 6.17. The number of hydrogen-bond donors (Lipinski definition) is 2. The quantitative estimate of drug-likeness (QED) is 0.874. The van der Waals surface area contributed by atoms with E-state index in [0.29, 0.717) is 0 Å². The number of likely N-dealkylation sites (N-methyl/N-ethyl adjacent to an activating group) is 1. The molecule has 2 aliphatic rings. The molecule has 0 radical (unpaired) electrons. The maximum Gasteiger partial charge on any atom is 0.265 e. The highest BCUT2D eigenvalue weighted by Crippen LogP contribution is 2.45. The topological polar surface area (TPSA) is 50.4 Å². The fourth-order valence-electron chi connectivity index (χ4n) is 3.04. The molecule has 4 nitrogen and oxygen atoms in total. The Labute approximate surface area is 113 Å². The van der Waals surface area contributed by atoms with Crippen LogP contribution in [-0.4, -0.2) is 25.6 Å². The number of carbonyl (C=O) groups excluding carboxylic acids is 1. The van der Waals surface area contributed by atoms with Gasteiger partial charge >= 0.3 is 0 Å². The van der Waals surface area contributed by atoms with Crippen LogP contribution in [0, 0.1) is 0 Å². The first-order chi connectivity index (χ1) is 9.14. The lowest BCUT2D eigenvalue weighted by Crippen LogP contribution is -2.43. The number of benzene rings is 1. The van der Waals surface area contributed by atoms with Crippen LogP contribution in [0.3, 0.4) is 0 Å². The van der Waals surface area contributed by atoms with E-state index in [-0.39, 0.29) is 11.3 Å². The van der Waals surface area contributed by atoms with Gasteiger partial charge in [0.2, 0.25) is 0 Å². The fourth-order valence-corrected chi connectivity index (χ4v) is 3.04. The molecule has 1 aromatic rings. The number of anilines is 1. The molecule has 102 valence electrons. The third-order valence-electron chi connectivity index (χ3n) is 4.35. The van der Waals surface area contributed by atoms with E-state index in [9.17, 15) is 4.79 Å². The van der Waals surface area contributed by atoms with Gasteiger partial charge in [-0.05, 0) is 44.5 Å². The lowest BCUT2D eigenvalue weighted by molar-refractivity contribution is -0.122. The molecule has 0 saturated heterocycles. The third kappa shape index (κ3) is 2.00. The van der Waals surface area contributed by atoms with Gasteiger partial charge in [0, 0.05) is 12.0 Å². The van der Waals surface area contributed by atoms with Crippen LogP contribution in [0.25, 0.3) is 0 Å². The van der Waals surface area contributed by atoms with Crippen molar-refractivity contribution in [2.75, 3.05) is 18.9 Å². The predicted octanol–water partition coefficient (Wildman–Crippen LogP) is 2.05. The Kier molecular flexibility index (Phi) is 2.97. The molecule has 1 aliphatic carbocycles. The Bertz CT molecular complexity index is 509. The first-order valence-electron chi connectivity index (χ1n) is 6.91. The van der Waals surface area contributed by atoms with Crippen molar-refractivity contribution in [3.05, 3.63) is 23.8 Å². The van der Waals surface area contributed by atoms with Crippen molar-refractivity contribution in [1.29, 1.82) is 0 Å². The van der Waals surface area contributed by atoms with E-state index in [4.69, 9.17) is 4.74 Å². The Hall–Kier alpha value is -1.55. The molecule has 1 saturated carbocycles. The van der Waals surface area contributed by atoms with Crippen molar-refractivity contribution in [2.45, 2.75) is 37.7 Å². The van der Waals surface area contributed by atoms with E-state index in [1.54, 1.807) is 6.92 Å². The summed E-state index contributed by atoms with van der Waals surface area (Å²) in [5.74, 6) is 0.723. The van der Waals surface area contributed by atoms with Gasteiger partial charge in [-0.2, -0.15) is 0 Å². The van der Waals surface area contributed by atoms with E-state index in [2.05, 4.69) is 22.8 Å². The van der Waals surface area contributed by atoms with Crippen molar-refractivity contribution in [1.82, 2.24) is 5.32 Å². The zero-order chi connectivity index (χ0) is 13.5. The second kappa shape index (κ2) is 4.53. The van der Waals surface area contributed by atoms with Crippen LogP contribution in [-0.2, 0) is 10.2 Å². The highest BCUT2D eigenvalue weighted by Gasteiger charge is 2.38. The van der Waals surface area contributed by atoms with Gasteiger partial charge in [0.05, 0.1) is 5.69 Å². The summed E-state index contributed by atoms with van der Waals surface area (Å²) in [5.41, 5.74) is 2.35. The van der Waals surface area contributed by atoms with Gasteiger partial charge in [0.15, 0.2) is 6.10 Å². The maximum absolute atomic E-state index is 11.6. The van der Waals surface area contributed by atoms with Crippen molar-refractivity contribution in [3.8, 4) is 5.75 Å². The summed E-state index contributed by atoms with van der Waals surface area (Å²) in [6, 6.07) is 6.18. The largest absolute Gasteiger partial charge is 0.479 e. The fraction of sp³-hybridized carbons (Fsp3) is 0.533. The number of rotatable bonds is 3. The molecule has 1 atom stereocenters. The molecule has 0 spiro atoms. The Morgan fingerprint density at radius 3 is 2.89 bits per heavy atom. The molecule has 3 rings (SSSR count). The summed E-state index contributed by atoms with van der Waals surface area (Å²) < 4.78 is 5.69. The SMILES string of the molecule is CNCC1(c2ccc3c(c2)OC(C)C(=O)N3)CCC1. The number of fused-ring (bicyclic) bond motifs is 1. The molecule has 1 amide bonds. The molecule has 1 aromatic carbocycles. The predicted molar refractivity (Wildman–Crippen MR) is 74.6 cm³/mol. The van der Waals surface area contributed by atoms with Crippen molar-refractivity contribution < 1.29 is 9.53 Å². The summed E-state index contributed by atoms with van der Waals surface area (Å²) in [4.78, 5) is 11.6. The van der Waals surface area contributed by atoms with Crippen LogP contribution in [0.1, 0.15) is 31.7 Å². The van der Waals surface area contributed by atoms with E-state index in [0.717, 1.165) is 18.0 Å². The summed E-state index contributed by atoms with van der Waals surface area (Å²) in [6.07, 6.45) is 3.31. The number of amides is 1. The average Bonchev–Trinajstić information content (AvgIpc) is 2.35. The first kappa shape index (κ1) is 12.5. The number of carbonyl (C=O) groups is 1. The average molecular weight is 260 g/mol. The second-order valence-corrected chi connectivity index (χ2v) is 5.62. The van der Waals surface area contributed by atoms with Gasteiger partial charge in [0.25, 0.3) is 5.91 Å². The third-order valence-corrected chi connectivity index (χ3v) is 4.35. The minimum absolute atomic E-state index is 0.0752. The lowest BCUT2D eigenvalue weighted by Gasteiger charge is -2.43. The standard InChI is InChI=1S/C15H20N2O2/c1-10-14(18)17-12-5-4-11(8-13(12)19-10)15(9-16-2)6-3-7-15/h4-5,8,10,16H,3,6-7,9H2,1-2H3,(H,17,18). The number of hydrogen-bond acceptors (Lipinski definition) is 3. The Morgan fingerprint density at radius 2 is 2.26 bits per heavy atom. The molecule has 2 N–H and O–H groups in total. The molecule has 1 fully saturated rings. The summed E-state index contributed by atoms with van der Waals surface area (Å²) in [7, 11) is 2.00.